The van der Waals surface area contributed by atoms with Gasteiger partial charge in [0.25, 0.3) is 0 Å². The third kappa shape index (κ3) is 5.91. The lowest BCUT2D eigenvalue weighted by molar-refractivity contribution is -0.209. The van der Waals surface area contributed by atoms with Crippen LogP contribution in [0.3, 0.4) is 0 Å². The first kappa shape index (κ1) is 35.0. The molecule has 5 heteroatoms. The van der Waals surface area contributed by atoms with Gasteiger partial charge in [0.1, 0.15) is 5.60 Å². The first-order valence-corrected chi connectivity index (χ1v) is 17.7. The summed E-state index contributed by atoms with van der Waals surface area (Å²) in [4.78, 5) is 12.1. The number of aliphatic hydroxyl groups is 1. The predicted octanol–water partition coefficient (Wildman–Crippen LogP) is 8.33. The molecule has 248 valence electrons. The average Bonchev–Trinajstić information content (AvgIpc) is 3.00. The first-order chi connectivity index (χ1) is 19.7. The van der Waals surface area contributed by atoms with E-state index >= 15 is 0 Å². The number of nitrogens with two attached hydrogens (primary N) is 1. The lowest BCUT2D eigenvalue weighted by Crippen LogP contribution is -2.56. The molecule has 0 spiro atoms. The number of ether oxygens (including phenoxy) is 2. The molecule has 0 amide bonds. The Labute approximate surface area is 264 Å². The van der Waals surface area contributed by atoms with Gasteiger partial charge in [-0.1, -0.05) is 80.9 Å². The largest absolute Gasteiger partial charge is 0.458 e. The van der Waals surface area contributed by atoms with Crippen molar-refractivity contribution in [2.24, 2.45) is 63.4 Å². The number of hydrogen-bond donors (Lipinski definition) is 2. The molecule has 4 rings (SSSR count). The van der Waals surface area contributed by atoms with Gasteiger partial charge in [-0.15, -0.1) is 0 Å². The number of carbonyl (C=O) groups is 1. The maximum Gasteiger partial charge on any atom is 0.310 e. The number of hydrogen-bond acceptors (Lipinski definition) is 5. The van der Waals surface area contributed by atoms with Crippen LogP contribution in [0.1, 0.15) is 134 Å². The van der Waals surface area contributed by atoms with E-state index < -0.39 is 11.6 Å². The average molecular weight is 602 g/mol. The Bertz CT molecular complexity index is 1030. The molecule has 1 heterocycles. The minimum Gasteiger partial charge on any atom is -0.458 e. The van der Waals surface area contributed by atoms with Crippen molar-refractivity contribution in [3.05, 3.63) is 11.6 Å². The van der Waals surface area contributed by atoms with Crippen LogP contribution in [0.25, 0.3) is 0 Å². The van der Waals surface area contributed by atoms with Crippen molar-refractivity contribution in [3.63, 3.8) is 0 Å². The van der Waals surface area contributed by atoms with Crippen LogP contribution in [0.15, 0.2) is 11.6 Å². The summed E-state index contributed by atoms with van der Waals surface area (Å²) in [6.45, 7) is 27.8. The van der Waals surface area contributed by atoms with Gasteiger partial charge in [-0.05, 0) is 111 Å². The van der Waals surface area contributed by atoms with E-state index in [1.54, 1.807) is 0 Å². The van der Waals surface area contributed by atoms with Crippen molar-refractivity contribution >= 4 is 5.97 Å². The Hall–Kier alpha value is -0.910. The van der Waals surface area contributed by atoms with Gasteiger partial charge in [-0.2, -0.15) is 0 Å². The Kier molecular flexibility index (Phi) is 9.78. The van der Waals surface area contributed by atoms with E-state index in [0.717, 1.165) is 38.5 Å². The summed E-state index contributed by atoms with van der Waals surface area (Å²) in [5, 5.41) is 11.8. The molecule has 3 aliphatic carbocycles. The molecule has 3 fully saturated rings. The fraction of sp³-hybridized carbons (Fsp3) is 0.921. The zero-order valence-corrected chi connectivity index (χ0v) is 29.9. The van der Waals surface area contributed by atoms with Gasteiger partial charge >= 0.3 is 5.97 Å². The van der Waals surface area contributed by atoms with Crippen molar-refractivity contribution in [1.82, 2.24) is 0 Å². The van der Waals surface area contributed by atoms with Gasteiger partial charge in [-0.25, -0.2) is 0 Å². The van der Waals surface area contributed by atoms with Crippen LogP contribution in [0.4, 0.5) is 0 Å². The highest BCUT2D eigenvalue weighted by Crippen LogP contribution is 2.65. The van der Waals surface area contributed by atoms with E-state index in [4.69, 9.17) is 15.2 Å². The molecule has 1 saturated heterocycles. The molecule has 2 saturated carbocycles. The monoisotopic (exact) mass is 602 g/mol. The van der Waals surface area contributed by atoms with E-state index in [-0.39, 0.29) is 33.9 Å². The molecule has 0 aromatic rings. The molecule has 1 aliphatic heterocycles. The lowest BCUT2D eigenvalue weighted by Gasteiger charge is -2.60. The fourth-order valence-electron chi connectivity index (χ4n) is 9.73. The Morgan fingerprint density at radius 2 is 1.67 bits per heavy atom. The number of fused-ring (bicyclic) bond motifs is 3. The standard InChI is InChI=1S/C38H67NO4/c1-23(2)27(6)37(21-33(41)43-37)20-19-35(11)24(3)13-14-31-30(35)16-15-29-25(4)26(5)32(17-18-38(29,31)28(7)40)42-22-36(12,39)34(8,9)10/h14,23-30,32,40H,13,15-22,39H2,1-12H3. The minimum atomic E-state index is -0.412. The van der Waals surface area contributed by atoms with Crippen molar-refractivity contribution in [1.29, 1.82) is 0 Å². The second-order valence-electron chi connectivity index (χ2n) is 17.8. The third-order valence-electron chi connectivity index (χ3n) is 14.6. The maximum absolute atomic E-state index is 12.1. The van der Waals surface area contributed by atoms with Crippen LogP contribution in [-0.2, 0) is 14.3 Å². The highest BCUT2D eigenvalue weighted by Gasteiger charge is 2.60. The molecule has 3 N–H and O–H groups in total. The minimum absolute atomic E-state index is 0.0423. The molecule has 12 atom stereocenters. The molecular weight excluding hydrogens is 534 g/mol. The predicted molar refractivity (Wildman–Crippen MR) is 176 cm³/mol. The molecule has 43 heavy (non-hydrogen) atoms. The van der Waals surface area contributed by atoms with E-state index in [1.807, 2.05) is 0 Å². The number of allylic oxidation sites excluding steroid dienone is 1. The maximum atomic E-state index is 12.1. The highest BCUT2D eigenvalue weighted by atomic mass is 16.6. The Morgan fingerprint density at radius 1 is 1.05 bits per heavy atom. The quantitative estimate of drug-likeness (QED) is 0.205. The Balaban J connectivity index is 1.62. The van der Waals surface area contributed by atoms with Crippen LogP contribution in [0.2, 0.25) is 0 Å². The van der Waals surface area contributed by atoms with E-state index in [2.05, 4.69) is 89.2 Å². The van der Waals surface area contributed by atoms with Crippen LogP contribution in [0.5, 0.6) is 0 Å². The van der Waals surface area contributed by atoms with E-state index in [9.17, 15) is 9.90 Å². The zero-order valence-electron chi connectivity index (χ0n) is 29.9. The van der Waals surface area contributed by atoms with E-state index in [0.29, 0.717) is 54.5 Å². The number of rotatable bonds is 9. The second-order valence-corrected chi connectivity index (χ2v) is 17.8. The van der Waals surface area contributed by atoms with Gasteiger partial charge in [-0.3, -0.25) is 4.79 Å². The summed E-state index contributed by atoms with van der Waals surface area (Å²) in [6.07, 6.45) is 10.1. The van der Waals surface area contributed by atoms with E-state index in [1.165, 1.54) is 12.0 Å². The van der Waals surface area contributed by atoms with Crippen LogP contribution >= 0.6 is 0 Å². The van der Waals surface area contributed by atoms with Gasteiger partial charge in [0.05, 0.1) is 25.2 Å². The lowest BCUT2D eigenvalue weighted by atomic mass is 9.45. The molecule has 4 aliphatic rings. The van der Waals surface area contributed by atoms with Crippen LogP contribution in [0, 0.1) is 57.7 Å². The van der Waals surface area contributed by atoms with Gasteiger partial charge < -0.3 is 20.3 Å². The van der Waals surface area contributed by atoms with Gasteiger partial charge in [0.2, 0.25) is 0 Å². The smallest absolute Gasteiger partial charge is 0.310 e. The second kappa shape index (κ2) is 12.0. The van der Waals surface area contributed by atoms with Crippen molar-refractivity contribution in [2.75, 3.05) is 6.61 Å². The molecule has 12 unspecified atom stereocenters. The first-order valence-electron chi connectivity index (χ1n) is 17.7. The van der Waals surface area contributed by atoms with Crippen molar-refractivity contribution in [2.45, 2.75) is 158 Å². The zero-order chi connectivity index (χ0) is 32.3. The highest BCUT2D eigenvalue weighted by molar-refractivity contribution is 5.77. The van der Waals surface area contributed by atoms with Gasteiger partial charge in [0.15, 0.2) is 0 Å². The Morgan fingerprint density at radius 3 is 2.21 bits per heavy atom. The topological polar surface area (TPSA) is 81.8 Å². The number of carbonyl (C=O) groups excluding carboxylic acids is 1. The molecular formula is C38H67NO4. The summed E-state index contributed by atoms with van der Waals surface area (Å²) in [7, 11) is 0. The SMILES string of the molecule is CC(C)C(C)C1(CCC2(C)C(C)CC=C3C2CCC2C(C)C(C)C(OCC(C)(N)C(C)(C)C)CCC32C(C)O)CC(=O)O1. The third-order valence-corrected chi connectivity index (χ3v) is 14.6. The summed E-state index contributed by atoms with van der Waals surface area (Å²) < 4.78 is 12.7. The molecule has 0 bridgehead atoms. The number of aliphatic hydroxyl groups excluding tert-OH is 1. The summed E-state index contributed by atoms with van der Waals surface area (Å²) in [5.41, 5.74) is 7.40. The van der Waals surface area contributed by atoms with Crippen LogP contribution < -0.4 is 5.73 Å². The molecule has 0 aromatic heterocycles. The molecule has 0 aromatic carbocycles. The molecule has 5 nitrogen and oxygen atoms in total. The van der Waals surface area contributed by atoms with Gasteiger partial charge in [0, 0.05) is 11.0 Å². The van der Waals surface area contributed by atoms with Crippen molar-refractivity contribution < 1.29 is 19.4 Å². The van der Waals surface area contributed by atoms with Crippen LogP contribution in [-0.4, -0.2) is 41.0 Å². The molecule has 0 radical (unpaired) electrons. The number of cyclic esters (lactones) is 1. The summed E-state index contributed by atoms with van der Waals surface area (Å²) in [6, 6.07) is 0. The summed E-state index contributed by atoms with van der Waals surface area (Å²) in [5.74, 6) is 3.04. The summed E-state index contributed by atoms with van der Waals surface area (Å²) >= 11 is 0. The normalized spacial score (nSPS) is 42.9. The van der Waals surface area contributed by atoms with Crippen molar-refractivity contribution in [3.8, 4) is 0 Å². The number of esters is 1. The fourth-order valence-corrected chi connectivity index (χ4v) is 9.73.